The predicted molar refractivity (Wildman–Crippen MR) is 83.1 cm³/mol. The number of para-hydroxylation sites is 1. The Hall–Kier alpha value is -2.07. The minimum absolute atomic E-state index is 0.968. The van der Waals surface area contributed by atoms with Crippen LogP contribution < -0.4 is 5.32 Å². The van der Waals surface area contributed by atoms with E-state index in [0.29, 0.717) is 0 Å². The van der Waals surface area contributed by atoms with Crippen LogP contribution in [0.4, 0.5) is 5.13 Å². The highest BCUT2D eigenvalue weighted by atomic mass is 32.1. The van der Waals surface area contributed by atoms with E-state index in [1.807, 2.05) is 7.05 Å². The lowest BCUT2D eigenvalue weighted by Gasteiger charge is -1.96. The van der Waals surface area contributed by atoms with Gasteiger partial charge in [0.2, 0.25) is 0 Å². The predicted octanol–water partition coefficient (Wildman–Crippen LogP) is 3.98. The van der Waals surface area contributed by atoms with Crippen molar-refractivity contribution in [1.29, 1.82) is 0 Å². The molecular formula is C15H13N3S. The van der Waals surface area contributed by atoms with E-state index in [1.165, 1.54) is 26.5 Å². The maximum atomic E-state index is 4.60. The van der Waals surface area contributed by atoms with Crippen molar-refractivity contribution < 1.29 is 0 Å². The molecule has 0 aliphatic carbocycles. The molecule has 1 N–H and O–H groups in total. The van der Waals surface area contributed by atoms with E-state index in [0.717, 1.165) is 10.6 Å². The van der Waals surface area contributed by atoms with E-state index in [-0.39, 0.29) is 0 Å². The molecule has 0 fully saturated rings. The quantitative estimate of drug-likeness (QED) is 0.565. The van der Waals surface area contributed by atoms with Crippen molar-refractivity contribution in [2.75, 3.05) is 12.4 Å². The second-order valence-corrected chi connectivity index (χ2v) is 5.65. The minimum atomic E-state index is 0.968. The van der Waals surface area contributed by atoms with Crippen molar-refractivity contribution in [3.05, 3.63) is 36.4 Å². The molecule has 19 heavy (non-hydrogen) atoms. The standard InChI is InChI=1S/C15H13N3S/c1-16-15-17-10-7-8-12-13(14(10)19-15)9-5-3-4-6-11(9)18(12)2/h3-8H,1-2H3,(H,16,17). The molecule has 2 heterocycles. The van der Waals surface area contributed by atoms with Gasteiger partial charge in [0.1, 0.15) is 0 Å². The summed E-state index contributed by atoms with van der Waals surface area (Å²) in [5, 5.41) is 6.72. The molecule has 0 saturated carbocycles. The Labute approximate surface area is 114 Å². The maximum absolute atomic E-state index is 4.60. The Morgan fingerprint density at radius 2 is 1.95 bits per heavy atom. The van der Waals surface area contributed by atoms with Gasteiger partial charge in [-0.15, -0.1) is 0 Å². The van der Waals surface area contributed by atoms with Crippen molar-refractivity contribution in [3.63, 3.8) is 0 Å². The molecule has 0 unspecified atom stereocenters. The second-order valence-electron chi connectivity index (χ2n) is 4.65. The Kier molecular flexibility index (Phi) is 2.11. The van der Waals surface area contributed by atoms with Crippen LogP contribution in [0, 0.1) is 0 Å². The molecule has 0 radical (unpaired) electrons. The van der Waals surface area contributed by atoms with Gasteiger partial charge in [-0.3, -0.25) is 0 Å². The Morgan fingerprint density at radius 1 is 1.11 bits per heavy atom. The van der Waals surface area contributed by atoms with Gasteiger partial charge in [-0.2, -0.15) is 0 Å². The average molecular weight is 267 g/mol. The summed E-state index contributed by atoms with van der Waals surface area (Å²) in [4.78, 5) is 4.60. The molecule has 4 heteroatoms. The third-order valence-corrected chi connectivity index (χ3v) is 4.75. The summed E-state index contributed by atoms with van der Waals surface area (Å²) in [6.45, 7) is 0. The summed E-state index contributed by atoms with van der Waals surface area (Å²) in [7, 11) is 4.04. The number of fused-ring (bicyclic) bond motifs is 5. The monoisotopic (exact) mass is 267 g/mol. The summed E-state index contributed by atoms with van der Waals surface area (Å²) in [5.74, 6) is 0. The van der Waals surface area contributed by atoms with Gasteiger partial charge in [0.25, 0.3) is 0 Å². The largest absolute Gasteiger partial charge is 0.365 e. The highest BCUT2D eigenvalue weighted by Crippen LogP contribution is 2.37. The van der Waals surface area contributed by atoms with E-state index in [1.54, 1.807) is 11.3 Å². The number of rotatable bonds is 1. The zero-order valence-corrected chi connectivity index (χ0v) is 11.6. The number of hydrogen-bond acceptors (Lipinski definition) is 3. The van der Waals surface area contributed by atoms with E-state index >= 15 is 0 Å². The Balaban J connectivity index is 2.31. The van der Waals surface area contributed by atoms with Crippen LogP contribution in [0.5, 0.6) is 0 Å². The summed E-state index contributed by atoms with van der Waals surface area (Å²) in [5.41, 5.74) is 3.60. The van der Waals surface area contributed by atoms with Crippen molar-refractivity contribution in [1.82, 2.24) is 9.55 Å². The van der Waals surface area contributed by atoms with Gasteiger partial charge in [0.05, 0.1) is 15.7 Å². The first-order valence-corrected chi connectivity index (χ1v) is 7.05. The van der Waals surface area contributed by atoms with E-state index in [2.05, 4.69) is 58.3 Å². The minimum Gasteiger partial charge on any atom is -0.365 e. The number of nitrogens with zero attached hydrogens (tertiary/aromatic N) is 2. The second kappa shape index (κ2) is 3.71. The molecule has 4 rings (SSSR count). The summed E-state index contributed by atoms with van der Waals surface area (Å²) < 4.78 is 3.52. The number of nitrogens with one attached hydrogen (secondary N) is 1. The molecule has 3 nitrogen and oxygen atoms in total. The lowest BCUT2D eigenvalue weighted by molar-refractivity contribution is 1.01. The molecule has 94 valence electrons. The topological polar surface area (TPSA) is 29.9 Å². The smallest absolute Gasteiger partial charge is 0.183 e. The normalized spacial score (nSPS) is 11.7. The summed E-state index contributed by atoms with van der Waals surface area (Å²) >= 11 is 1.72. The molecule has 0 bridgehead atoms. The molecule has 0 spiro atoms. The van der Waals surface area contributed by atoms with Crippen LogP contribution in [-0.2, 0) is 7.05 Å². The van der Waals surface area contributed by atoms with E-state index in [4.69, 9.17) is 0 Å². The Bertz CT molecular complexity index is 917. The SMILES string of the molecule is CNc1nc2ccc3c(c4ccccc4n3C)c2s1. The highest BCUT2D eigenvalue weighted by Gasteiger charge is 2.13. The van der Waals surface area contributed by atoms with Crippen molar-refractivity contribution in [2.24, 2.45) is 7.05 Å². The van der Waals surface area contributed by atoms with Crippen LogP contribution in [0.25, 0.3) is 32.0 Å². The maximum Gasteiger partial charge on any atom is 0.183 e. The third-order valence-electron chi connectivity index (χ3n) is 3.65. The van der Waals surface area contributed by atoms with E-state index < -0.39 is 0 Å². The van der Waals surface area contributed by atoms with Gasteiger partial charge in [0.15, 0.2) is 5.13 Å². The molecule has 0 amide bonds. The fourth-order valence-corrected chi connectivity index (χ4v) is 3.71. The first kappa shape index (κ1) is 10.8. The van der Waals surface area contributed by atoms with Crippen LogP contribution in [0.15, 0.2) is 36.4 Å². The molecule has 0 aliphatic heterocycles. The van der Waals surface area contributed by atoms with Crippen LogP contribution >= 0.6 is 11.3 Å². The Morgan fingerprint density at radius 3 is 2.79 bits per heavy atom. The van der Waals surface area contributed by atoms with Gasteiger partial charge in [-0.1, -0.05) is 29.5 Å². The van der Waals surface area contributed by atoms with Crippen molar-refractivity contribution >= 4 is 48.5 Å². The molecule has 0 saturated heterocycles. The third kappa shape index (κ3) is 1.35. The zero-order valence-electron chi connectivity index (χ0n) is 10.8. The van der Waals surface area contributed by atoms with Crippen LogP contribution in [0.1, 0.15) is 0 Å². The zero-order chi connectivity index (χ0) is 13.0. The van der Waals surface area contributed by atoms with Crippen LogP contribution in [0.3, 0.4) is 0 Å². The van der Waals surface area contributed by atoms with Crippen LogP contribution in [-0.4, -0.2) is 16.6 Å². The fourth-order valence-electron chi connectivity index (χ4n) is 2.74. The van der Waals surface area contributed by atoms with Gasteiger partial charge < -0.3 is 9.88 Å². The lowest BCUT2D eigenvalue weighted by atomic mass is 10.1. The lowest BCUT2D eigenvalue weighted by Crippen LogP contribution is -1.85. The molecule has 2 aromatic heterocycles. The number of benzene rings is 2. The molecule has 0 aliphatic rings. The van der Waals surface area contributed by atoms with Crippen molar-refractivity contribution in [3.8, 4) is 0 Å². The summed E-state index contributed by atoms with van der Waals surface area (Å²) in [6, 6.07) is 12.8. The fraction of sp³-hybridized carbons (Fsp3) is 0.133. The molecule has 2 aromatic carbocycles. The van der Waals surface area contributed by atoms with E-state index in [9.17, 15) is 0 Å². The van der Waals surface area contributed by atoms with Crippen molar-refractivity contribution in [2.45, 2.75) is 0 Å². The average Bonchev–Trinajstić information content (AvgIpc) is 2.99. The van der Waals surface area contributed by atoms with Gasteiger partial charge in [-0.25, -0.2) is 4.98 Å². The van der Waals surface area contributed by atoms with Crippen LogP contribution in [0.2, 0.25) is 0 Å². The first-order valence-electron chi connectivity index (χ1n) is 6.24. The van der Waals surface area contributed by atoms with Gasteiger partial charge in [-0.05, 0) is 18.2 Å². The number of aryl methyl sites for hydroxylation is 1. The summed E-state index contributed by atoms with van der Waals surface area (Å²) in [6.07, 6.45) is 0. The molecule has 4 aromatic rings. The number of anilines is 1. The molecular weight excluding hydrogens is 254 g/mol. The highest BCUT2D eigenvalue weighted by molar-refractivity contribution is 7.23. The number of hydrogen-bond donors (Lipinski definition) is 1. The van der Waals surface area contributed by atoms with Gasteiger partial charge in [0, 0.05) is 30.4 Å². The first-order chi connectivity index (χ1) is 9.29. The number of aromatic nitrogens is 2. The number of thiazole rings is 1. The molecule has 0 atom stereocenters. The van der Waals surface area contributed by atoms with Gasteiger partial charge >= 0.3 is 0 Å².